The van der Waals surface area contributed by atoms with Crippen LogP contribution in [0.3, 0.4) is 0 Å². The summed E-state index contributed by atoms with van der Waals surface area (Å²) >= 11 is 0. The zero-order valence-corrected chi connectivity index (χ0v) is 4.39. The number of hydroxylamine groups is 2. The molecule has 0 atom stereocenters. The van der Waals surface area contributed by atoms with Crippen molar-refractivity contribution in [2.24, 2.45) is 0 Å². The largest absolute Gasteiger partial charge is 0.216 e. The maximum absolute atomic E-state index is 4.64. The third kappa shape index (κ3) is 1.12. The molecule has 0 aromatic carbocycles. The Labute approximate surface area is 42.7 Å². The average Bonchev–Trinajstić information content (AvgIpc) is 2.14. The van der Waals surface area contributed by atoms with Gasteiger partial charge in [0.05, 0.1) is 13.2 Å². The Morgan fingerprint density at radius 3 is 2.86 bits per heavy atom. The minimum absolute atomic E-state index is 0.702. The Bertz CT molecular complexity index is 51.7. The van der Waals surface area contributed by atoms with Gasteiger partial charge in [0.15, 0.2) is 0 Å². The summed E-state index contributed by atoms with van der Waals surface area (Å²) < 4.78 is 0. The Morgan fingerprint density at radius 2 is 2.57 bits per heavy atom. The predicted molar refractivity (Wildman–Crippen MR) is 24.3 cm³/mol. The summed E-state index contributed by atoms with van der Waals surface area (Å²) in [7, 11) is 0. The highest BCUT2D eigenvalue weighted by molar-refractivity contribution is 4.40. The minimum Gasteiger partial charge on any atom is -0.216 e. The van der Waals surface area contributed by atoms with E-state index in [1.807, 2.05) is 6.92 Å². The van der Waals surface area contributed by atoms with Crippen molar-refractivity contribution in [2.45, 2.75) is 6.92 Å². The number of nitrogens with zero attached hydrogens (tertiary/aromatic N) is 1. The van der Waals surface area contributed by atoms with Crippen molar-refractivity contribution >= 4 is 0 Å². The molecule has 1 aliphatic rings. The van der Waals surface area contributed by atoms with Crippen LogP contribution >= 0.6 is 0 Å². The van der Waals surface area contributed by atoms with Crippen molar-refractivity contribution in [3.63, 3.8) is 0 Å². The summed E-state index contributed by atoms with van der Waals surface area (Å²) in [6.07, 6.45) is 0. The summed E-state index contributed by atoms with van der Waals surface area (Å²) in [5.74, 6) is 0. The molecule has 1 rings (SSSR count). The molecule has 0 spiro atoms. The molecule has 1 fully saturated rings. The highest BCUT2D eigenvalue weighted by Gasteiger charge is 2.09. The van der Waals surface area contributed by atoms with Gasteiger partial charge in [-0.05, 0) is 6.92 Å². The molecule has 0 radical (unpaired) electrons. The van der Waals surface area contributed by atoms with E-state index in [4.69, 9.17) is 0 Å². The summed E-state index contributed by atoms with van der Waals surface area (Å²) in [6, 6.07) is 0. The second kappa shape index (κ2) is 2.26. The van der Waals surface area contributed by atoms with E-state index in [-0.39, 0.29) is 0 Å². The lowest BCUT2D eigenvalue weighted by atomic mass is 10.6. The zero-order chi connectivity index (χ0) is 5.11. The zero-order valence-electron chi connectivity index (χ0n) is 4.39. The molecule has 7 heavy (non-hydrogen) atoms. The lowest BCUT2D eigenvalue weighted by Crippen LogP contribution is -2.16. The van der Waals surface area contributed by atoms with Crippen LogP contribution in [0.15, 0.2) is 0 Å². The average molecular weight is 103 g/mol. The SMILES string of the molecule is CCN1CCOO1. The first-order valence-electron chi connectivity index (χ1n) is 2.48. The molecule has 0 aromatic heterocycles. The number of likely N-dealkylation sites (N-methyl/N-ethyl adjacent to an activating group) is 1. The quantitative estimate of drug-likeness (QED) is 0.442. The van der Waals surface area contributed by atoms with E-state index in [0.717, 1.165) is 13.1 Å². The van der Waals surface area contributed by atoms with Crippen molar-refractivity contribution in [1.29, 1.82) is 0 Å². The van der Waals surface area contributed by atoms with Crippen molar-refractivity contribution in [3.05, 3.63) is 0 Å². The van der Waals surface area contributed by atoms with Crippen LogP contribution < -0.4 is 0 Å². The van der Waals surface area contributed by atoms with Gasteiger partial charge >= 0.3 is 0 Å². The third-order valence-electron chi connectivity index (χ3n) is 0.935. The summed E-state index contributed by atoms with van der Waals surface area (Å²) in [4.78, 5) is 9.21. The van der Waals surface area contributed by atoms with E-state index < -0.39 is 0 Å². The molecule has 0 saturated carbocycles. The fourth-order valence-corrected chi connectivity index (χ4v) is 0.499. The van der Waals surface area contributed by atoms with Crippen LogP contribution in [-0.4, -0.2) is 24.8 Å². The second-order valence-electron chi connectivity index (χ2n) is 1.42. The van der Waals surface area contributed by atoms with Gasteiger partial charge in [0.2, 0.25) is 0 Å². The standard InChI is InChI=1S/C4H9NO2/c1-2-5-3-4-6-7-5/h2-4H2,1H3. The van der Waals surface area contributed by atoms with Crippen molar-refractivity contribution in [1.82, 2.24) is 5.06 Å². The first kappa shape index (κ1) is 5.03. The van der Waals surface area contributed by atoms with E-state index in [1.165, 1.54) is 0 Å². The Balaban J connectivity index is 2.14. The molecule has 0 bridgehead atoms. The van der Waals surface area contributed by atoms with Gasteiger partial charge in [0.1, 0.15) is 0 Å². The molecule has 42 valence electrons. The van der Waals surface area contributed by atoms with Crippen LogP contribution in [0, 0.1) is 0 Å². The van der Waals surface area contributed by atoms with Crippen LogP contribution in [-0.2, 0) is 9.88 Å². The molecule has 1 heterocycles. The topological polar surface area (TPSA) is 21.7 Å². The van der Waals surface area contributed by atoms with Gasteiger partial charge in [0.25, 0.3) is 0 Å². The Morgan fingerprint density at radius 1 is 1.71 bits per heavy atom. The highest BCUT2D eigenvalue weighted by Crippen LogP contribution is 1.97. The monoisotopic (exact) mass is 103 g/mol. The molecule has 3 heteroatoms. The maximum Gasteiger partial charge on any atom is 0.0993 e. The molecule has 0 aliphatic carbocycles. The molecular weight excluding hydrogens is 94.0 g/mol. The fourth-order valence-electron chi connectivity index (χ4n) is 0.499. The Hall–Kier alpha value is -0.120. The van der Waals surface area contributed by atoms with Crippen LogP contribution in [0.4, 0.5) is 0 Å². The molecule has 0 unspecified atom stereocenters. The van der Waals surface area contributed by atoms with E-state index in [1.54, 1.807) is 5.06 Å². The first-order chi connectivity index (χ1) is 3.43. The smallest absolute Gasteiger partial charge is 0.0993 e. The minimum atomic E-state index is 0.702. The molecule has 0 aromatic rings. The normalized spacial score (nSPS) is 23.6. The summed E-state index contributed by atoms with van der Waals surface area (Å²) in [6.45, 7) is 4.53. The van der Waals surface area contributed by atoms with E-state index in [0.29, 0.717) is 6.61 Å². The van der Waals surface area contributed by atoms with Gasteiger partial charge in [-0.1, -0.05) is 0 Å². The van der Waals surface area contributed by atoms with Gasteiger partial charge in [-0.2, -0.15) is 5.06 Å². The van der Waals surface area contributed by atoms with Gasteiger partial charge in [-0.3, -0.25) is 0 Å². The van der Waals surface area contributed by atoms with Gasteiger partial charge in [-0.25, -0.2) is 4.89 Å². The Kier molecular flexibility index (Phi) is 1.62. The van der Waals surface area contributed by atoms with Gasteiger partial charge < -0.3 is 0 Å². The third-order valence-corrected chi connectivity index (χ3v) is 0.935. The van der Waals surface area contributed by atoms with Crippen molar-refractivity contribution in [2.75, 3.05) is 19.7 Å². The van der Waals surface area contributed by atoms with E-state index in [9.17, 15) is 0 Å². The van der Waals surface area contributed by atoms with Gasteiger partial charge in [0, 0.05) is 6.54 Å². The van der Waals surface area contributed by atoms with Crippen LogP contribution in [0.5, 0.6) is 0 Å². The molecule has 1 saturated heterocycles. The summed E-state index contributed by atoms with van der Waals surface area (Å²) in [5.41, 5.74) is 0. The number of hydrogen-bond acceptors (Lipinski definition) is 3. The fraction of sp³-hybridized carbons (Fsp3) is 1.00. The predicted octanol–water partition coefficient (Wildman–Crippen LogP) is 0.185. The number of rotatable bonds is 1. The number of hydrogen-bond donors (Lipinski definition) is 0. The van der Waals surface area contributed by atoms with Crippen molar-refractivity contribution < 1.29 is 9.88 Å². The molecule has 0 amide bonds. The van der Waals surface area contributed by atoms with Crippen molar-refractivity contribution in [3.8, 4) is 0 Å². The van der Waals surface area contributed by atoms with E-state index in [2.05, 4.69) is 9.88 Å². The maximum atomic E-state index is 4.64. The molecule has 3 nitrogen and oxygen atoms in total. The highest BCUT2D eigenvalue weighted by atomic mass is 17.3. The van der Waals surface area contributed by atoms with Crippen LogP contribution in [0.25, 0.3) is 0 Å². The molecular formula is C4H9NO2. The van der Waals surface area contributed by atoms with Gasteiger partial charge in [-0.15, -0.1) is 4.99 Å². The summed E-state index contributed by atoms with van der Waals surface area (Å²) in [5, 5.41) is 1.76. The van der Waals surface area contributed by atoms with E-state index >= 15 is 0 Å². The molecule has 1 aliphatic heterocycles. The lowest BCUT2D eigenvalue weighted by molar-refractivity contribution is -0.368. The van der Waals surface area contributed by atoms with Crippen LogP contribution in [0.1, 0.15) is 6.92 Å². The molecule has 0 N–H and O–H groups in total. The second-order valence-corrected chi connectivity index (χ2v) is 1.42. The van der Waals surface area contributed by atoms with Crippen LogP contribution in [0.2, 0.25) is 0 Å². The first-order valence-corrected chi connectivity index (χ1v) is 2.48. The lowest BCUT2D eigenvalue weighted by Gasteiger charge is -2.03.